The Labute approximate surface area is 341 Å². The molecule has 58 heavy (non-hydrogen) atoms. The number of aromatic nitrogens is 1. The fourth-order valence-electron chi connectivity index (χ4n) is 8.78. The van der Waals surface area contributed by atoms with Crippen LogP contribution < -0.4 is 0 Å². The van der Waals surface area contributed by atoms with Crippen molar-refractivity contribution in [2.45, 2.75) is 26.7 Å². The van der Waals surface area contributed by atoms with E-state index in [1.165, 1.54) is 77.2 Å². The summed E-state index contributed by atoms with van der Waals surface area (Å²) in [4.78, 5) is 9.60. The predicted octanol–water partition coefficient (Wildman–Crippen LogP) is 15.2. The third-order valence-corrected chi connectivity index (χ3v) is 11.7. The lowest BCUT2D eigenvalue weighted by Gasteiger charge is -2.20. The van der Waals surface area contributed by atoms with Gasteiger partial charge in [0.15, 0.2) is 0 Å². The first-order valence-electron chi connectivity index (χ1n) is 20.5. The largest absolute Gasteiger partial charge is 0.261 e. The zero-order valence-electron chi connectivity index (χ0n) is 32.9. The van der Waals surface area contributed by atoms with E-state index in [9.17, 15) is 0 Å². The lowest BCUT2D eigenvalue weighted by Crippen LogP contribution is -2.00. The Hall–Kier alpha value is -6.90. The van der Waals surface area contributed by atoms with Crippen LogP contribution in [0, 0.1) is 11.8 Å². The quantitative estimate of drug-likeness (QED) is 0.149. The Kier molecular flexibility index (Phi) is 9.31. The molecule has 2 heteroatoms. The molecule has 0 amide bonds. The van der Waals surface area contributed by atoms with Crippen molar-refractivity contribution in [2.24, 2.45) is 16.8 Å². The van der Waals surface area contributed by atoms with E-state index >= 15 is 0 Å². The van der Waals surface area contributed by atoms with E-state index in [4.69, 9.17) is 9.98 Å². The third kappa shape index (κ3) is 6.82. The van der Waals surface area contributed by atoms with E-state index in [0.29, 0.717) is 11.8 Å². The SMILES string of the molecule is CC1C=NC(c2cccc(-c3c4ccccc4c(-c4cccc(-c5ccccn5)c4)c4ccc(-c5cc(C6=CC(C)CC=C6)cc(-c6ccccc6)c5)cc34)c2)=CC1. The summed E-state index contributed by atoms with van der Waals surface area (Å²) in [6.07, 6.45) is 15.3. The minimum absolute atomic E-state index is 0.455. The maximum Gasteiger partial charge on any atom is 0.0702 e. The second-order valence-corrected chi connectivity index (χ2v) is 15.9. The molecule has 1 aliphatic carbocycles. The second-order valence-electron chi connectivity index (χ2n) is 15.9. The number of fused-ring (bicyclic) bond motifs is 2. The van der Waals surface area contributed by atoms with E-state index in [1.54, 1.807) is 0 Å². The van der Waals surface area contributed by atoms with Crippen molar-refractivity contribution in [2.75, 3.05) is 0 Å². The van der Waals surface area contributed by atoms with Crippen LogP contribution in [0.25, 0.3) is 88.6 Å². The van der Waals surface area contributed by atoms with Crippen LogP contribution in [-0.2, 0) is 0 Å². The van der Waals surface area contributed by atoms with Crippen LogP contribution in [0.15, 0.2) is 193 Å². The molecule has 8 aromatic rings. The summed E-state index contributed by atoms with van der Waals surface area (Å²) < 4.78 is 0. The minimum atomic E-state index is 0.455. The number of aliphatic imine (C=N–C) groups is 1. The molecule has 2 atom stereocenters. The number of benzene rings is 7. The van der Waals surface area contributed by atoms with Gasteiger partial charge in [0, 0.05) is 23.5 Å². The van der Waals surface area contributed by atoms with Gasteiger partial charge in [-0.2, -0.15) is 0 Å². The Bertz CT molecular complexity index is 2970. The van der Waals surface area contributed by atoms with Gasteiger partial charge in [0.1, 0.15) is 0 Å². The van der Waals surface area contributed by atoms with Crippen LogP contribution in [0.3, 0.4) is 0 Å². The number of nitrogens with zero attached hydrogens (tertiary/aromatic N) is 2. The Morgan fingerprint density at radius 2 is 1.07 bits per heavy atom. The molecule has 2 nitrogen and oxygen atoms in total. The van der Waals surface area contributed by atoms with Gasteiger partial charge in [-0.1, -0.05) is 147 Å². The summed E-state index contributed by atoms with van der Waals surface area (Å²) in [5.41, 5.74) is 16.4. The summed E-state index contributed by atoms with van der Waals surface area (Å²) in [6, 6.07) is 57.9. The molecule has 0 spiro atoms. The smallest absolute Gasteiger partial charge is 0.0702 e. The van der Waals surface area contributed by atoms with Gasteiger partial charge in [0.25, 0.3) is 0 Å². The lowest BCUT2D eigenvalue weighted by molar-refractivity contribution is 0.740. The fraction of sp³-hybridized carbons (Fsp3) is 0.107. The lowest BCUT2D eigenvalue weighted by atomic mass is 9.83. The highest BCUT2D eigenvalue weighted by atomic mass is 14.7. The molecule has 0 fully saturated rings. The maximum absolute atomic E-state index is 4.89. The molecule has 2 aliphatic rings. The van der Waals surface area contributed by atoms with Gasteiger partial charge < -0.3 is 0 Å². The molecule has 278 valence electrons. The van der Waals surface area contributed by atoms with Crippen LogP contribution in [0.5, 0.6) is 0 Å². The highest BCUT2D eigenvalue weighted by molar-refractivity contribution is 6.22. The molecule has 7 aromatic carbocycles. The summed E-state index contributed by atoms with van der Waals surface area (Å²) in [5, 5.41) is 4.89. The molecule has 2 unspecified atom stereocenters. The fourth-order valence-corrected chi connectivity index (χ4v) is 8.78. The van der Waals surface area contributed by atoms with Crippen molar-refractivity contribution in [1.29, 1.82) is 0 Å². The Balaban J connectivity index is 1.24. The van der Waals surface area contributed by atoms with Gasteiger partial charge in [0.05, 0.1) is 11.4 Å². The molecule has 10 rings (SSSR count). The van der Waals surface area contributed by atoms with Crippen LogP contribution in [0.2, 0.25) is 0 Å². The minimum Gasteiger partial charge on any atom is -0.261 e. The van der Waals surface area contributed by atoms with E-state index in [1.807, 2.05) is 12.3 Å². The first kappa shape index (κ1) is 35.5. The van der Waals surface area contributed by atoms with E-state index in [2.05, 4.69) is 196 Å². The topological polar surface area (TPSA) is 25.2 Å². The molecule has 2 heterocycles. The third-order valence-electron chi connectivity index (χ3n) is 11.7. The standard InChI is InChI=1S/C56H44N2/c1-37-13-10-16-40(29-37)47-32-46(39-14-4-3-5-15-39)33-48(34-47)41-25-26-51-52(35-41)56(45-20-12-18-43(31-45)54-27-24-38(2)36-58-54)50-22-7-6-21-49(50)55(51)44-19-11-17-42(30-44)53-23-8-9-28-57-53/h3-12,14-23,25-38H,13,24H2,1-2H3. The van der Waals surface area contributed by atoms with Crippen LogP contribution in [-0.4, -0.2) is 11.2 Å². The van der Waals surface area contributed by atoms with E-state index in [-0.39, 0.29) is 0 Å². The summed E-state index contributed by atoms with van der Waals surface area (Å²) in [7, 11) is 0. The zero-order valence-corrected chi connectivity index (χ0v) is 32.9. The summed E-state index contributed by atoms with van der Waals surface area (Å²) in [5.74, 6) is 0.959. The molecule has 0 saturated carbocycles. The summed E-state index contributed by atoms with van der Waals surface area (Å²) in [6.45, 7) is 4.52. The van der Waals surface area contributed by atoms with Crippen molar-refractivity contribution in [3.63, 3.8) is 0 Å². The van der Waals surface area contributed by atoms with Gasteiger partial charge >= 0.3 is 0 Å². The molecule has 0 bridgehead atoms. The first-order valence-corrected chi connectivity index (χ1v) is 20.5. The van der Waals surface area contributed by atoms with Gasteiger partial charge in [-0.15, -0.1) is 0 Å². The highest BCUT2D eigenvalue weighted by Crippen LogP contribution is 2.46. The van der Waals surface area contributed by atoms with Gasteiger partial charge in [-0.25, -0.2) is 0 Å². The molecular formula is C56H44N2. The van der Waals surface area contributed by atoms with Gasteiger partial charge in [0.2, 0.25) is 0 Å². The van der Waals surface area contributed by atoms with Gasteiger partial charge in [-0.05, 0) is 150 Å². The van der Waals surface area contributed by atoms with Crippen LogP contribution in [0.1, 0.15) is 37.8 Å². The second kappa shape index (κ2) is 15.2. The van der Waals surface area contributed by atoms with Crippen molar-refractivity contribution < 1.29 is 0 Å². The number of hydrogen-bond acceptors (Lipinski definition) is 2. The van der Waals surface area contributed by atoms with Gasteiger partial charge in [-0.3, -0.25) is 9.98 Å². The van der Waals surface area contributed by atoms with Crippen molar-refractivity contribution in [3.8, 4) is 55.8 Å². The highest BCUT2D eigenvalue weighted by Gasteiger charge is 2.20. The van der Waals surface area contributed by atoms with E-state index in [0.717, 1.165) is 35.4 Å². The number of rotatable bonds is 7. The van der Waals surface area contributed by atoms with Crippen molar-refractivity contribution in [1.82, 2.24) is 4.98 Å². The van der Waals surface area contributed by atoms with Crippen molar-refractivity contribution >= 4 is 39.0 Å². The van der Waals surface area contributed by atoms with E-state index < -0.39 is 0 Å². The maximum atomic E-state index is 4.89. The van der Waals surface area contributed by atoms with Crippen LogP contribution in [0.4, 0.5) is 0 Å². The molecule has 0 saturated heterocycles. The average Bonchev–Trinajstić information content (AvgIpc) is 3.28. The molecule has 0 radical (unpaired) electrons. The number of hydrogen-bond donors (Lipinski definition) is 0. The average molecular weight is 745 g/mol. The molecule has 1 aromatic heterocycles. The first-order chi connectivity index (χ1) is 28.6. The number of allylic oxidation sites excluding steroid dienone is 5. The number of pyridine rings is 1. The Morgan fingerprint density at radius 3 is 1.79 bits per heavy atom. The predicted molar refractivity (Wildman–Crippen MR) is 248 cm³/mol. The monoisotopic (exact) mass is 744 g/mol. The molecule has 1 aliphatic heterocycles. The molecule has 0 N–H and O–H groups in total. The normalized spacial score (nSPS) is 16.4. The molecular weight excluding hydrogens is 701 g/mol. The zero-order chi connectivity index (χ0) is 39.0. The van der Waals surface area contributed by atoms with Crippen LogP contribution >= 0.6 is 0 Å². The Morgan fingerprint density at radius 1 is 0.448 bits per heavy atom. The summed E-state index contributed by atoms with van der Waals surface area (Å²) >= 11 is 0. The van der Waals surface area contributed by atoms with Crippen molar-refractivity contribution in [3.05, 3.63) is 199 Å².